The monoisotopic (exact) mass is 292 g/mol. The van der Waals surface area contributed by atoms with Gasteiger partial charge in [-0.3, -0.25) is 0 Å². The summed E-state index contributed by atoms with van der Waals surface area (Å²) in [6, 6.07) is 0. The third kappa shape index (κ3) is 14.0. The molecule has 0 spiro atoms. The highest BCUT2D eigenvalue weighted by atomic mass is 32.2. The Balaban J connectivity index is 3.05. The molecule has 0 aliphatic rings. The van der Waals surface area contributed by atoms with Crippen molar-refractivity contribution in [3.05, 3.63) is 0 Å². The molecular formula is C15H29FO2S. The number of alkyl halides is 1. The number of aliphatic carboxylic acids is 1. The van der Waals surface area contributed by atoms with E-state index in [1.54, 1.807) is 0 Å². The van der Waals surface area contributed by atoms with Gasteiger partial charge < -0.3 is 5.11 Å². The van der Waals surface area contributed by atoms with Crippen LogP contribution in [0, 0.1) is 0 Å². The van der Waals surface area contributed by atoms with Crippen LogP contribution in [-0.2, 0) is 4.79 Å². The van der Waals surface area contributed by atoms with Crippen LogP contribution in [0.25, 0.3) is 0 Å². The van der Waals surface area contributed by atoms with Gasteiger partial charge in [0.1, 0.15) is 0 Å². The van der Waals surface area contributed by atoms with Crippen molar-refractivity contribution in [2.45, 2.75) is 77.3 Å². The van der Waals surface area contributed by atoms with E-state index in [2.05, 4.69) is 6.92 Å². The van der Waals surface area contributed by atoms with Gasteiger partial charge in [0.2, 0.25) is 6.17 Å². The highest BCUT2D eigenvalue weighted by molar-refractivity contribution is 7.99. The largest absolute Gasteiger partial charge is 0.479 e. The topological polar surface area (TPSA) is 37.3 Å². The van der Waals surface area contributed by atoms with Gasteiger partial charge in [0.15, 0.2) is 0 Å². The molecule has 0 aromatic carbocycles. The molecule has 0 radical (unpaired) electrons. The van der Waals surface area contributed by atoms with Crippen LogP contribution >= 0.6 is 11.8 Å². The third-order valence-electron chi connectivity index (χ3n) is 3.17. The Kier molecular flexibility index (Phi) is 14.0. The Bertz CT molecular complexity index is 212. The molecule has 1 unspecified atom stereocenters. The van der Waals surface area contributed by atoms with Gasteiger partial charge in [-0.1, -0.05) is 64.7 Å². The van der Waals surface area contributed by atoms with E-state index in [9.17, 15) is 9.18 Å². The molecule has 19 heavy (non-hydrogen) atoms. The molecule has 0 heterocycles. The van der Waals surface area contributed by atoms with Crippen LogP contribution in [0.1, 0.15) is 71.1 Å². The third-order valence-corrected chi connectivity index (χ3v) is 4.28. The normalized spacial score (nSPS) is 12.5. The SMILES string of the molecule is CCCCCCCCCCCCSCC(F)C(=O)O. The Morgan fingerprint density at radius 2 is 1.47 bits per heavy atom. The molecule has 1 N–H and O–H groups in total. The van der Waals surface area contributed by atoms with Crippen molar-refractivity contribution in [3.8, 4) is 0 Å². The zero-order chi connectivity index (χ0) is 14.3. The van der Waals surface area contributed by atoms with E-state index < -0.39 is 12.1 Å². The molecule has 0 bridgehead atoms. The fourth-order valence-electron chi connectivity index (χ4n) is 1.95. The fourth-order valence-corrected chi connectivity index (χ4v) is 2.87. The van der Waals surface area contributed by atoms with Gasteiger partial charge in [-0.15, -0.1) is 0 Å². The van der Waals surface area contributed by atoms with Gasteiger partial charge in [0.05, 0.1) is 0 Å². The molecule has 4 heteroatoms. The molecule has 0 amide bonds. The first-order chi connectivity index (χ1) is 9.18. The second-order valence-corrected chi connectivity index (χ2v) is 6.21. The summed E-state index contributed by atoms with van der Waals surface area (Å²) in [6.07, 6.45) is 11.2. The minimum atomic E-state index is -1.70. The van der Waals surface area contributed by atoms with E-state index in [0.29, 0.717) is 0 Å². The van der Waals surface area contributed by atoms with Gasteiger partial charge >= 0.3 is 5.97 Å². The average Bonchev–Trinajstić information content (AvgIpc) is 2.39. The molecule has 0 saturated carbocycles. The van der Waals surface area contributed by atoms with Crippen molar-refractivity contribution in [2.24, 2.45) is 0 Å². The van der Waals surface area contributed by atoms with Crippen molar-refractivity contribution in [1.29, 1.82) is 0 Å². The lowest BCUT2D eigenvalue weighted by Gasteiger charge is -2.04. The first kappa shape index (κ1) is 18.8. The number of halogens is 1. The quantitative estimate of drug-likeness (QED) is 0.454. The van der Waals surface area contributed by atoms with Gasteiger partial charge in [-0.2, -0.15) is 11.8 Å². The Morgan fingerprint density at radius 1 is 1.00 bits per heavy atom. The summed E-state index contributed by atoms with van der Waals surface area (Å²) in [5.74, 6) is -0.368. The van der Waals surface area contributed by atoms with Crippen molar-refractivity contribution in [1.82, 2.24) is 0 Å². The molecule has 2 nitrogen and oxygen atoms in total. The smallest absolute Gasteiger partial charge is 0.339 e. The fraction of sp³-hybridized carbons (Fsp3) is 0.933. The summed E-state index contributed by atoms with van der Waals surface area (Å²) in [4.78, 5) is 10.2. The summed E-state index contributed by atoms with van der Waals surface area (Å²) in [5.41, 5.74) is 0. The number of carboxylic acids is 1. The maximum atomic E-state index is 12.7. The van der Waals surface area contributed by atoms with Crippen LogP contribution in [0.5, 0.6) is 0 Å². The van der Waals surface area contributed by atoms with Crippen molar-refractivity contribution < 1.29 is 14.3 Å². The second-order valence-electron chi connectivity index (χ2n) is 5.06. The minimum absolute atomic E-state index is 0.0900. The molecule has 0 aliphatic heterocycles. The van der Waals surface area contributed by atoms with E-state index in [0.717, 1.165) is 12.2 Å². The Labute approximate surface area is 121 Å². The summed E-state index contributed by atoms with van der Waals surface area (Å²) >= 11 is 1.41. The van der Waals surface area contributed by atoms with E-state index in [1.165, 1.54) is 69.5 Å². The van der Waals surface area contributed by atoms with Gasteiger partial charge in [-0.25, -0.2) is 9.18 Å². The van der Waals surface area contributed by atoms with Crippen molar-refractivity contribution in [2.75, 3.05) is 11.5 Å². The van der Waals surface area contributed by atoms with E-state index >= 15 is 0 Å². The van der Waals surface area contributed by atoms with Gasteiger partial charge in [-0.05, 0) is 12.2 Å². The van der Waals surface area contributed by atoms with Gasteiger partial charge in [0.25, 0.3) is 0 Å². The summed E-state index contributed by atoms with van der Waals surface area (Å²) < 4.78 is 12.7. The molecular weight excluding hydrogens is 263 g/mol. The highest BCUT2D eigenvalue weighted by Crippen LogP contribution is 2.13. The van der Waals surface area contributed by atoms with Crippen LogP contribution < -0.4 is 0 Å². The van der Waals surface area contributed by atoms with Crippen molar-refractivity contribution in [3.63, 3.8) is 0 Å². The lowest BCUT2D eigenvalue weighted by Crippen LogP contribution is -2.17. The molecule has 114 valence electrons. The number of carboxylic acid groups (broad SMARTS) is 1. The molecule has 1 atom stereocenters. The Hall–Kier alpha value is -0.250. The highest BCUT2D eigenvalue weighted by Gasteiger charge is 2.14. The number of carbonyl (C=O) groups is 1. The van der Waals surface area contributed by atoms with E-state index in [4.69, 9.17) is 5.11 Å². The standard InChI is InChI=1S/C15H29FO2S/c1-2-3-4-5-6-7-8-9-10-11-12-19-13-14(16)15(17)18/h14H,2-13H2,1H3,(H,17,18). The average molecular weight is 292 g/mol. The van der Waals surface area contributed by atoms with E-state index in [-0.39, 0.29) is 5.75 Å². The van der Waals surface area contributed by atoms with Gasteiger partial charge in [0, 0.05) is 5.75 Å². The number of hydrogen-bond acceptors (Lipinski definition) is 2. The van der Waals surface area contributed by atoms with Crippen LogP contribution in [0.15, 0.2) is 0 Å². The van der Waals surface area contributed by atoms with Crippen LogP contribution in [0.4, 0.5) is 4.39 Å². The molecule has 0 aromatic rings. The predicted molar refractivity (Wildman–Crippen MR) is 81.7 cm³/mol. The number of unbranched alkanes of at least 4 members (excludes halogenated alkanes) is 9. The van der Waals surface area contributed by atoms with Crippen LogP contribution in [0.2, 0.25) is 0 Å². The molecule has 0 fully saturated rings. The number of rotatable bonds is 14. The van der Waals surface area contributed by atoms with Crippen molar-refractivity contribution >= 4 is 17.7 Å². The molecule has 0 aliphatic carbocycles. The molecule has 0 rings (SSSR count). The molecule has 0 aromatic heterocycles. The van der Waals surface area contributed by atoms with Crippen LogP contribution in [-0.4, -0.2) is 28.8 Å². The predicted octanol–water partition coefficient (Wildman–Crippen LogP) is 5.06. The maximum Gasteiger partial charge on any atom is 0.339 e. The first-order valence-electron chi connectivity index (χ1n) is 7.63. The van der Waals surface area contributed by atoms with Crippen LogP contribution in [0.3, 0.4) is 0 Å². The van der Waals surface area contributed by atoms with E-state index in [1.807, 2.05) is 0 Å². The maximum absolute atomic E-state index is 12.7. The lowest BCUT2D eigenvalue weighted by molar-refractivity contribution is -0.141. The summed E-state index contributed by atoms with van der Waals surface area (Å²) in [7, 11) is 0. The first-order valence-corrected chi connectivity index (χ1v) is 8.78. The zero-order valence-corrected chi connectivity index (χ0v) is 13.0. The summed E-state index contributed by atoms with van der Waals surface area (Å²) in [6.45, 7) is 2.24. The number of hydrogen-bond donors (Lipinski definition) is 1. The minimum Gasteiger partial charge on any atom is -0.479 e. The second kappa shape index (κ2) is 14.2. The zero-order valence-electron chi connectivity index (χ0n) is 12.2. The number of thioether (sulfide) groups is 1. The summed E-state index contributed by atoms with van der Waals surface area (Å²) in [5, 5.41) is 8.37. The lowest BCUT2D eigenvalue weighted by atomic mass is 10.1. The Morgan fingerprint density at radius 3 is 1.95 bits per heavy atom. The molecule has 0 saturated heterocycles.